The maximum atomic E-state index is 6.17. The average molecular weight is 331 g/mol. The van der Waals surface area contributed by atoms with Crippen LogP contribution in [0.1, 0.15) is 23.8 Å². The van der Waals surface area contributed by atoms with Gasteiger partial charge in [-0.3, -0.25) is 4.98 Å². The van der Waals surface area contributed by atoms with E-state index in [9.17, 15) is 0 Å². The zero-order valence-electron chi connectivity index (χ0n) is 13.1. The van der Waals surface area contributed by atoms with E-state index >= 15 is 0 Å². The summed E-state index contributed by atoms with van der Waals surface area (Å²) in [5, 5.41) is 3.80. The highest BCUT2D eigenvalue weighted by atomic mass is 35.5. The Bertz CT molecular complexity index is 814. The van der Waals surface area contributed by atoms with Crippen molar-refractivity contribution in [1.82, 2.24) is 9.97 Å². The second-order valence-electron chi connectivity index (χ2n) is 5.71. The molecule has 0 aliphatic carbocycles. The Balaban J connectivity index is 1.96. The third-order valence-corrected chi connectivity index (χ3v) is 3.87. The number of furan rings is 1. The van der Waals surface area contributed by atoms with E-state index in [0.717, 1.165) is 33.7 Å². The number of aromatic nitrogens is 2. The number of anilines is 1. The standard InChI is InChI=1S/C17H19ClN4O/c1-10(19)7-14-11(2)16-17(23-14)13(8-15(18)22-16)21-9-12-3-5-20-6-4-12/h3-6,8,10H,7,9,19H2,1-2H3,(H,21,22)/t10-/m1/s1. The fraction of sp³-hybridized carbons (Fsp3) is 0.294. The summed E-state index contributed by atoms with van der Waals surface area (Å²) in [4.78, 5) is 8.42. The van der Waals surface area contributed by atoms with Gasteiger partial charge in [0.1, 0.15) is 16.4 Å². The van der Waals surface area contributed by atoms with Crippen molar-refractivity contribution in [2.45, 2.75) is 32.9 Å². The molecule has 6 heteroatoms. The second-order valence-corrected chi connectivity index (χ2v) is 6.10. The number of nitrogens with one attached hydrogen (secondary N) is 1. The number of fused-ring (bicyclic) bond motifs is 1. The molecule has 0 bridgehead atoms. The zero-order chi connectivity index (χ0) is 16.4. The highest BCUT2D eigenvalue weighted by Crippen LogP contribution is 2.32. The van der Waals surface area contributed by atoms with Gasteiger partial charge in [0.25, 0.3) is 0 Å². The number of pyridine rings is 2. The lowest BCUT2D eigenvalue weighted by atomic mass is 10.1. The van der Waals surface area contributed by atoms with E-state index in [1.54, 1.807) is 18.5 Å². The average Bonchev–Trinajstić information content (AvgIpc) is 2.82. The number of nitrogens with two attached hydrogens (primary N) is 1. The Kier molecular flexibility index (Phi) is 4.50. The molecule has 0 unspecified atom stereocenters. The summed E-state index contributed by atoms with van der Waals surface area (Å²) in [6.45, 7) is 4.59. The fourth-order valence-corrected chi connectivity index (χ4v) is 2.70. The molecule has 120 valence electrons. The van der Waals surface area contributed by atoms with Crippen LogP contribution in [0.5, 0.6) is 0 Å². The lowest BCUT2D eigenvalue weighted by Gasteiger charge is -2.07. The van der Waals surface area contributed by atoms with Gasteiger partial charge in [-0.15, -0.1) is 0 Å². The Labute approximate surface area is 139 Å². The summed E-state index contributed by atoms with van der Waals surface area (Å²) in [5.41, 5.74) is 10.3. The molecule has 3 heterocycles. The summed E-state index contributed by atoms with van der Waals surface area (Å²) in [6.07, 6.45) is 4.21. The van der Waals surface area contributed by atoms with Gasteiger partial charge in [0, 0.05) is 43.0 Å². The molecule has 0 saturated heterocycles. The third-order valence-electron chi connectivity index (χ3n) is 3.68. The first kappa shape index (κ1) is 15.8. The van der Waals surface area contributed by atoms with Gasteiger partial charge >= 0.3 is 0 Å². The van der Waals surface area contributed by atoms with E-state index < -0.39 is 0 Å². The maximum absolute atomic E-state index is 6.17. The van der Waals surface area contributed by atoms with Crippen LogP contribution in [0.2, 0.25) is 5.15 Å². The summed E-state index contributed by atoms with van der Waals surface area (Å²) >= 11 is 6.17. The molecule has 5 nitrogen and oxygen atoms in total. The van der Waals surface area contributed by atoms with Crippen LogP contribution in [0.4, 0.5) is 5.69 Å². The van der Waals surface area contributed by atoms with Gasteiger partial charge in [0.05, 0.1) is 5.69 Å². The molecule has 0 spiro atoms. The summed E-state index contributed by atoms with van der Waals surface area (Å²) in [7, 11) is 0. The van der Waals surface area contributed by atoms with Crippen molar-refractivity contribution in [2.24, 2.45) is 5.73 Å². The van der Waals surface area contributed by atoms with Crippen LogP contribution < -0.4 is 11.1 Å². The minimum Gasteiger partial charge on any atom is -0.457 e. The quantitative estimate of drug-likeness (QED) is 0.698. The highest BCUT2D eigenvalue weighted by molar-refractivity contribution is 6.30. The van der Waals surface area contributed by atoms with Gasteiger partial charge in [-0.2, -0.15) is 0 Å². The van der Waals surface area contributed by atoms with Crippen LogP contribution in [0.25, 0.3) is 11.1 Å². The van der Waals surface area contributed by atoms with Crippen molar-refractivity contribution in [1.29, 1.82) is 0 Å². The molecule has 1 atom stereocenters. The fourth-order valence-electron chi connectivity index (χ4n) is 2.51. The van der Waals surface area contributed by atoms with E-state index in [-0.39, 0.29) is 6.04 Å². The van der Waals surface area contributed by atoms with Gasteiger partial charge in [-0.25, -0.2) is 4.98 Å². The Morgan fingerprint density at radius 1 is 1.35 bits per heavy atom. The maximum Gasteiger partial charge on any atom is 0.176 e. The molecule has 3 rings (SSSR count). The van der Waals surface area contributed by atoms with Gasteiger partial charge in [-0.1, -0.05) is 11.6 Å². The molecule has 3 aromatic rings. The van der Waals surface area contributed by atoms with Gasteiger partial charge < -0.3 is 15.5 Å². The van der Waals surface area contributed by atoms with Gasteiger partial charge in [0.2, 0.25) is 0 Å². The third kappa shape index (κ3) is 3.46. The lowest BCUT2D eigenvalue weighted by Crippen LogP contribution is -2.17. The minimum absolute atomic E-state index is 0.0259. The molecular formula is C17H19ClN4O. The number of halogens is 1. The highest BCUT2D eigenvalue weighted by Gasteiger charge is 2.17. The topological polar surface area (TPSA) is 77.0 Å². The molecule has 0 amide bonds. The molecule has 0 saturated carbocycles. The van der Waals surface area contributed by atoms with Crippen molar-refractivity contribution < 1.29 is 4.42 Å². The molecule has 0 aliphatic heterocycles. The first-order valence-corrected chi connectivity index (χ1v) is 7.89. The predicted molar refractivity (Wildman–Crippen MR) is 92.7 cm³/mol. The number of hydrogen-bond donors (Lipinski definition) is 2. The summed E-state index contributed by atoms with van der Waals surface area (Å²) in [6, 6.07) is 5.73. The van der Waals surface area contributed by atoms with E-state index in [0.29, 0.717) is 18.1 Å². The molecule has 3 aromatic heterocycles. The molecule has 0 aromatic carbocycles. The minimum atomic E-state index is 0.0259. The van der Waals surface area contributed by atoms with E-state index in [4.69, 9.17) is 21.8 Å². The van der Waals surface area contributed by atoms with Crippen LogP contribution in [0.15, 0.2) is 35.0 Å². The Hall–Kier alpha value is -2.11. The monoisotopic (exact) mass is 330 g/mol. The van der Waals surface area contributed by atoms with Crippen molar-refractivity contribution in [3.05, 3.63) is 52.6 Å². The SMILES string of the molecule is Cc1c(C[C@@H](C)N)oc2c(NCc3ccncc3)cc(Cl)nc12. The molecule has 23 heavy (non-hydrogen) atoms. The Morgan fingerprint density at radius 2 is 2.09 bits per heavy atom. The van der Waals surface area contributed by atoms with Crippen molar-refractivity contribution in [3.8, 4) is 0 Å². The second kappa shape index (κ2) is 6.56. The normalized spacial score (nSPS) is 12.5. The lowest BCUT2D eigenvalue weighted by molar-refractivity contribution is 0.522. The van der Waals surface area contributed by atoms with Crippen LogP contribution in [-0.2, 0) is 13.0 Å². The predicted octanol–water partition coefficient (Wildman–Crippen LogP) is 3.69. The number of rotatable bonds is 5. The number of hydrogen-bond acceptors (Lipinski definition) is 5. The Morgan fingerprint density at radius 3 is 2.78 bits per heavy atom. The number of nitrogens with zero attached hydrogens (tertiary/aromatic N) is 2. The van der Waals surface area contributed by atoms with Crippen LogP contribution in [-0.4, -0.2) is 16.0 Å². The largest absolute Gasteiger partial charge is 0.457 e. The van der Waals surface area contributed by atoms with Crippen molar-refractivity contribution in [3.63, 3.8) is 0 Å². The summed E-state index contributed by atoms with van der Waals surface area (Å²) < 4.78 is 6.01. The van der Waals surface area contributed by atoms with E-state index in [2.05, 4.69) is 15.3 Å². The van der Waals surface area contributed by atoms with Crippen LogP contribution >= 0.6 is 11.6 Å². The molecular weight excluding hydrogens is 312 g/mol. The van der Waals surface area contributed by atoms with Gasteiger partial charge in [0.15, 0.2) is 5.58 Å². The smallest absolute Gasteiger partial charge is 0.176 e. The van der Waals surface area contributed by atoms with Crippen LogP contribution in [0.3, 0.4) is 0 Å². The van der Waals surface area contributed by atoms with Crippen molar-refractivity contribution in [2.75, 3.05) is 5.32 Å². The molecule has 3 N–H and O–H groups in total. The van der Waals surface area contributed by atoms with Crippen LogP contribution in [0, 0.1) is 6.92 Å². The summed E-state index contributed by atoms with van der Waals surface area (Å²) in [5.74, 6) is 0.858. The van der Waals surface area contributed by atoms with E-state index in [1.807, 2.05) is 26.0 Å². The molecule has 0 aliphatic rings. The van der Waals surface area contributed by atoms with Gasteiger partial charge in [-0.05, 0) is 31.5 Å². The first-order valence-electron chi connectivity index (χ1n) is 7.51. The van der Waals surface area contributed by atoms with Crippen molar-refractivity contribution >= 4 is 28.4 Å². The number of aryl methyl sites for hydroxylation is 1. The molecule has 0 radical (unpaired) electrons. The first-order chi connectivity index (χ1) is 11.0. The molecule has 0 fully saturated rings. The van der Waals surface area contributed by atoms with E-state index in [1.165, 1.54) is 0 Å². The zero-order valence-corrected chi connectivity index (χ0v) is 13.9.